The lowest BCUT2D eigenvalue weighted by atomic mass is 10.1. The number of benzene rings is 1. The Balaban J connectivity index is 1.66. The highest BCUT2D eigenvalue weighted by Gasteiger charge is 2.33. The Bertz CT molecular complexity index is 476. The largest absolute Gasteiger partial charge is 0.377 e. The molecule has 21 heavy (non-hydrogen) atoms. The van der Waals surface area contributed by atoms with Crippen molar-refractivity contribution in [3.63, 3.8) is 0 Å². The highest BCUT2D eigenvalue weighted by molar-refractivity contribution is 5.52. The molecular weight excluding hydrogens is 264 g/mol. The van der Waals surface area contributed by atoms with Crippen LogP contribution in [0.3, 0.4) is 0 Å². The van der Waals surface area contributed by atoms with Crippen LogP contribution in [0.1, 0.15) is 24.0 Å². The molecule has 1 aromatic carbocycles. The Morgan fingerprint density at radius 1 is 1.14 bits per heavy atom. The second kappa shape index (κ2) is 6.34. The highest BCUT2D eigenvalue weighted by Crippen LogP contribution is 2.26. The maximum Gasteiger partial charge on any atom is 0.102 e. The van der Waals surface area contributed by atoms with Crippen LogP contribution in [0.2, 0.25) is 0 Å². The first-order valence-electron chi connectivity index (χ1n) is 7.84. The van der Waals surface area contributed by atoms with E-state index < -0.39 is 0 Å². The highest BCUT2D eigenvalue weighted by atomic mass is 16.5. The standard InChI is InChI=1S/C17H26N2O2/c1-12-8-15(7-4-13(12)9-18-14-5-6-14)19-10-16(20-2)17(11-19)21-3/h4,7-8,14,16-18H,5-6,9-11H2,1-3H3. The summed E-state index contributed by atoms with van der Waals surface area (Å²) in [5.41, 5.74) is 4.02. The molecule has 3 rings (SSSR count). The van der Waals surface area contributed by atoms with Crippen molar-refractivity contribution in [2.75, 3.05) is 32.2 Å². The van der Waals surface area contributed by atoms with Gasteiger partial charge in [-0.3, -0.25) is 0 Å². The summed E-state index contributed by atoms with van der Waals surface area (Å²) >= 11 is 0. The first kappa shape index (κ1) is 14.8. The Hall–Kier alpha value is -1.10. The number of methoxy groups -OCH3 is 2. The van der Waals surface area contributed by atoms with Crippen molar-refractivity contribution in [2.45, 2.75) is 44.6 Å². The lowest BCUT2D eigenvalue weighted by molar-refractivity contribution is -0.00461. The summed E-state index contributed by atoms with van der Waals surface area (Å²) in [6.07, 6.45) is 2.99. The predicted octanol–water partition coefficient (Wildman–Crippen LogP) is 2.10. The van der Waals surface area contributed by atoms with Crippen LogP contribution in [0.4, 0.5) is 5.69 Å². The second-order valence-electron chi connectivity index (χ2n) is 6.22. The third-order valence-electron chi connectivity index (χ3n) is 4.67. The van der Waals surface area contributed by atoms with E-state index in [1.807, 2.05) is 0 Å². The fraction of sp³-hybridized carbons (Fsp3) is 0.647. The number of nitrogens with zero attached hydrogens (tertiary/aromatic N) is 1. The number of anilines is 1. The molecule has 2 unspecified atom stereocenters. The first-order valence-corrected chi connectivity index (χ1v) is 7.84. The van der Waals surface area contributed by atoms with Crippen molar-refractivity contribution in [3.8, 4) is 0 Å². The van der Waals surface area contributed by atoms with Gasteiger partial charge in [0.1, 0.15) is 12.2 Å². The molecule has 0 aromatic heterocycles. The summed E-state index contributed by atoms with van der Waals surface area (Å²) in [6, 6.07) is 7.52. The van der Waals surface area contributed by atoms with Crippen LogP contribution in [0.15, 0.2) is 18.2 Å². The summed E-state index contributed by atoms with van der Waals surface area (Å²) in [7, 11) is 3.52. The van der Waals surface area contributed by atoms with E-state index in [1.165, 1.54) is 29.7 Å². The van der Waals surface area contributed by atoms with Crippen LogP contribution in [-0.4, -0.2) is 45.6 Å². The molecular formula is C17H26N2O2. The zero-order chi connectivity index (χ0) is 14.8. The molecule has 1 aliphatic heterocycles. The van der Waals surface area contributed by atoms with Crippen LogP contribution in [0.5, 0.6) is 0 Å². The molecule has 116 valence electrons. The minimum absolute atomic E-state index is 0.159. The average molecular weight is 290 g/mol. The van der Waals surface area contributed by atoms with Gasteiger partial charge < -0.3 is 19.7 Å². The zero-order valence-corrected chi connectivity index (χ0v) is 13.3. The molecule has 4 heteroatoms. The molecule has 2 aliphatic rings. The number of hydrogen-bond donors (Lipinski definition) is 1. The summed E-state index contributed by atoms with van der Waals surface area (Å²) in [5, 5.41) is 3.58. The van der Waals surface area contributed by atoms with Crippen LogP contribution >= 0.6 is 0 Å². The summed E-state index contributed by atoms with van der Waals surface area (Å²) in [6.45, 7) is 4.98. The van der Waals surface area contributed by atoms with Gasteiger partial charge >= 0.3 is 0 Å². The van der Waals surface area contributed by atoms with Gasteiger partial charge in [0.05, 0.1) is 0 Å². The molecule has 1 aromatic rings. The van der Waals surface area contributed by atoms with Crippen molar-refractivity contribution >= 4 is 5.69 Å². The fourth-order valence-electron chi connectivity index (χ4n) is 3.02. The number of nitrogens with one attached hydrogen (secondary N) is 1. The molecule has 1 heterocycles. The number of hydrogen-bond acceptors (Lipinski definition) is 4. The minimum Gasteiger partial charge on any atom is -0.377 e. The van der Waals surface area contributed by atoms with Gasteiger partial charge in [-0.05, 0) is 43.0 Å². The van der Waals surface area contributed by atoms with Crippen LogP contribution in [0.25, 0.3) is 0 Å². The normalized spacial score (nSPS) is 25.6. The maximum absolute atomic E-state index is 5.52. The Morgan fingerprint density at radius 2 is 1.81 bits per heavy atom. The minimum atomic E-state index is 0.159. The van der Waals surface area contributed by atoms with Crippen LogP contribution in [0, 0.1) is 6.92 Å². The summed E-state index contributed by atoms with van der Waals surface area (Å²) in [5.74, 6) is 0. The molecule has 1 saturated carbocycles. The van der Waals surface area contributed by atoms with Crippen molar-refractivity contribution in [2.24, 2.45) is 0 Å². The Morgan fingerprint density at radius 3 is 2.33 bits per heavy atom. The molecule has 0 spiro atoms. The van der Waals surface area contributed by atoms with E-state index in [0.29, 0.717) is 0 Å². The number of rotatable bonds is 6. The van der Waals surface area contributed by atoms with Crippen molar-refractivity contribution < 1.29 is 9.47 Å². The average Bonchev–Trinajstić information content (AvgIpc) is 3.23. The molecule has 0 amide bonds. The van der Waals surface area contributed by atoms with E-state index in [4.69, 9.17) is 9.47 Å². The van der Waals surface area contributed by atoms with Crippen molar-refractivity contribution in [3.05, 3.63) is 29.3 Å². The predicted molar refractivity (Wildman–Crippen MR) is 84.8 cm³/mol. The van der Waals surface area contributed by atoms with E-state index in [9.17, 15) is 0 Å². The molecule has 0 bridgehead atoms. The van der Waals surface area contributed by atoms with Crippen LogP contribution < -0.4 is 10.2 Å². The van der Waals surface area contributed by atoms with E-state index >= 15 is 0 Å². The van der Waals surface area contributed by atoms with Gasteiger partial charge in [0.15, 0.2) is 0 Å². The Kier molecular flexibility index (Phi) is 4.48. The molecule has 2 fully saturated rings. The van der Waals surface area contributed by atoms with E-state index in [0.717, 1.165) is 25.7 Å². The van der Waals surface area contributed by atoms with E-state index in [1.54, 1.807) is 14.2 Å². The molecule has 1 saturated heterocycles. The second-order valence-corrected chi connectivity index (χ2v) is 6.22. The fourth-order valence-corrected chi connectivity index (χ4v) is 3.02. The smallest absolute Gasteiger partial charge is 0.102 e. The molecule has 1 aliphatic carbocycles. The maximum atomic E-state index is 5.52. The van der Waals surface area contributed by atoms with Gasteiger partial charge in [-0.1, -0.05) is 6.07 Å². The first-order chi connectivity index (χ1) is 10.2. The third kappa shape index (κ3) is 3.39. The van der Waals surface area contributed by atoms with Gasteiger partial charge in [0.2, 0.25) is 0 Å². The van der Waals surface area contributed by atoms with Gasteiger partial charge in [0.25, 0.3) is 0 Å². The van der Waals surface area contributed by atoms with Gasteiger partial charge in [0, 0.05) is 45.6 Å². The Labute approximate surface area is 127 Å². The number of ether oxygens (including phenoxy) is 2. The van der Waals surface area contributed by atoms with Crippen molar-refractivity contribution in [1.29, 1.82) is 0 Å². The van der Waals surface area contributed by atoms with E-state index in [2.05, 4.69) is 35.3 Å². The molecule has 1 N–H and O–H groups in total. The monoisotopic (exact) mass is 290 g/mol. The van der Waals surface area contributed by atoms with Crippen molar-refractivity contribution in [1.82, 2.24) is 5.32 Å². The molecule has 4 nitrogen and oxygen atoms in total. The zero-order valence-electron chi connectivity index (χ0n) is 13.3. The van der Waals surface area contributed by atoms with Crippen LogP contribution in [-0.2, 0) is 16.0 Å². The lowest BCUT2D eigenvalue weighted by Crippen LogP contribution is -2.27. The summed E-state index contributed by atoms with van der Waals surface area (Å²) in [4.78, 5) is 2.35. The topological polar surface area (TPSA) is 33.7 Å². The SMILES string of the molecule is COC1CN(c2ccc(CNC3CC3)c(C)c2)CC1OC. The van der Waals surface area contributed by atoms with Gasteiger partial charge in [-0.15, -0.1) is 0 Å². The lowest BCUT2D eigenvalue weighted by Gasteiger charge is -2.20. The third-order valence-corrected chi connectivity index (χ3v) is 4.67. The molecule has 2 atom stereocenters. The van der Waals surface area contributed by atoms with Gasteiger partial charge in [-0.2, -0.15) is 0 Å². The molecule has 0 radical (unpaired) electrons. The quantitative estimate of drug-likeness (QED) is 0.870. The number of aryl methyl sites for hydroxylation is 1. The van der Waals surface area contributed by atoms with E-state index in [-0.39, 0.29) is 12.2 Å². The summed E-state index contributed by atoms with van der Waals surface area (Å²) < 4.78 is 11.0. The van der Waals surface area contributed by atoms with Gasteiger partial charge in [-0.25, -0.2) is 0 Å².